The zero-order valence-electron chi connectivity index (χ0n) is 15.6. The molecule has 1 aliphatic rings. The highest BCUT2D eigenvalue weighted by Crippen LogP contribution is 2.22. The van der Waals surface area contributed by atoms with Gasteiger partial charge in [0.25, 0.3) is 5.91 Å². The summed E-state index contributed by atoms with van der Waals surface area (Å²) in [6.45, 7) is 2.78. The lowest BCUT2D eigenvalue weighted by Gasteiger charge is -2.28. The van der Waals surface area contributed by atoms with Gasteiger partial charge in [-0.1, -0.05) is 17.7 Å². The van der Waals surface area contributed by atoms with Crippen molar-refractivity contribution in [2.75, 3.05) is 24.7 Å². The number of amides is 2. The fourth-order valence-corrected chi connectivity index (χ4v) is 3.25. The Hall–Kier alpha value is -2.86. The number of carbonyl (C=O) groups is 3. The van der Waals surface area contributed by atoms with Crippen LogP contribution in [0, 0.1) is 0 Å². The van der Waals surface area contributed by atoms with Gasteiger partial charge in [-0.05, 0) is 55.8 Å². The number of likely N-dealkylation sites (tertiary alicyclic amines) is 1. The quantitative estimate of drug-likeness (QED) is 0.693. The third-order valence-corrected chi connectivity index (χ3v) is 4.73. The van der Waals surface area contributed by atoms with Crippen molar-refractivity contribution in [3.05, 3.63) is 64.7 Å². The van der Waals surface area contributed by atoms with Gasteiger partial charge < -0.3 is 9.64 Å². The summed E-state index contributed by atoms with van der Waals surface area (Å²) in [6, 6.07) is 13.2. The molecule has 1 fully saturated rings. The summed E-state index contributed by atoms with van der Waals surface area (Å²) < 4.78 is 4.99. The van der Waals surface area contributed by atoms with E-state index >= 15 is 0 Å². The number of esters is 1. The Labute approximate surface area is 168 Å². The van der Waals surface area contributed by atoms with E-state index in [1.165, 1.54) is 4.90 Å². The van der Waals surface area contributed by atoms with E-state index in [0.29, 0.717) is 34.8 Å². The SMILES string of the molecule is CCOC(=O)c1ccc(N(CN2CCCC2=O)C(=O)c2cccc(Cl)c2)cc1. The first kappa shape index (κ1) is 19.9. The van der Waals surface area contributed by atoms with Gasteiger partial charge in [-0.15, -0.1) is 0 Å². The first-order valence-electron chi connectivity index (χ1n) is 9.12. The van der Waals surface area contributed by atoms with Gasteiger partial charge in [-0.3, -0.25) is 14.5 Å². The predicted octanol–water partition coefficient (Wildman–Crippen LogP) is 3.74. The molecule has 146 valence electrons. The summed E-state index contributed by atoms with van der Waals surface area (Å²) in [7, 11) is 0. The molecule has 3 rings (SSSR count). The van der Waals surface area contributed by atoms with Crippen molar-refractivity contribution in [2.24, 2.45) is 0 Å². The molecule has 0 N–H and O–H groups in total. The van der Waals surface area contributed by atoms with Gasteiger partial charge in [0.1, 0.15) is 6.67 Å². The van der Waals surface area contributed by atoms with Gasteiger partial charge in [0.05, 0.1) is 12.2 Å². The van der Waals surface area contributed by atoms with Crippen LogP contribution in [-0.4, -0.2) is 42.5 Å². The minimum Gasteiger partial charge on any atom is -0.462 e. The summed E-state index contributed by atoms with van der Waals surface area (Å²) in [6.07, 6.45) is 1.26. The van der Waals surface area contributed by atoms with E-state index in [9.17, 15) is 14.4 Å². The molecule has 0 saturated carbocycles. The number of nitrogens with zero attached hydrogens (tertiary/aromatic N) is 2. The van der Waals surface area contributed by atoms with Gasteiger partial charge >= 0.3 is 5.97 Å². The molecule has 1 heterocycles. The van der Waals surface area contributed by atoms with Crippen molar-refractivity contribution >= 4 is 35.1 Å². The normalized spacial score (nSPS) is 13.5. The third-order valence-electron chi connectivity index (χ3n) is 4.49. The average Bonchev–Trinajstić information content (AvgIpc) is 3.10. The highest BCUT2D eigenvalue weighted by Gasteiger charge is 2.26. The minimum atomic E-state index is -0.420. The smallest absolute Gasteiger partial charge is 0.338 e. The number of rotatable bonds is 6. The highest BCUT2D eigenvalue weighted by molar-refractivity contribution is 6.31. The molecule has 0 atom stereocenters. The van der Waals surface area contributed by atoms with Gasteiger partial charge in [-0.25, -0.2) is 4.79 Å². The summed E-state index contributed by atoms with van der Waals surface area (Å²) in [5.41, 5.74) is 1.41. The Kier molecular flexibility index (Phi) is 6.31. The maximum atomic E-state index is 13.2. The van der Waals surface area contributed by atoms with Crippen LogP contribution in [-0.2, 0) is 9.53 Å². The average molecular weight is 401 g/mol. The molecule has 0 unspecified atom stereocenters. The van der Waals surface area contributed by atoms with Crippen molar-refractivity contribution < 1.29 is 19.1 Å². The van der Waals surface area contributed by atoms with Crippen molar-refractivity contribution in [1.82, 2.24) is 4.90 Å². The lowest BCUT2D eigenvalue weighted by Crippen LogP contribution is -2.42. The Morgan fingerprint density at radius 2 is 1.89 bits per heavy atom. The van der Waals surface area contributed by atoms with E-state index in [1.807, 2.05) is 0 Å². The zero-order valence-corrected chi connectivity index (χ0v) is 16.3. The fourth-order valence-electron chi connectivity index (χ4n) is 3.06. The molecule has 2 aromatic rings. The molecule has 28 heavy (non-hydrogen) atoms. The molecule has 2 aromatic carbocycles. The van der Waals surface area contributed by atoms with Crippen LogP contribution in [0.2, 0.25) is 5.02 Å². The van der Waals surface area contributed by atoms with Gasteiger partial charge in [0.15, 0.2) is 0 Å². The first-order valence-corrected chi connectivity index (χ1v) is 9.50. The summed E-state index contributed by atoms with van der Waals surface area (Å²) in [5, 5.41) is 0.459. The van der Waals surface area contributed by atoms with Crippen LogP contribution in [0.15, 0.2) is 48.5 Å². The van der Waals surface area contributed by atoms with Crippen LogP contribution >= 0.6 is 11.6 Å². The van der Waals surface area contributed by atoms with Gasteiger partial charge in [0, 0.05) is 29.2 Å². The molecule has 2 amide bonds. The topological polar surface area (TPSA) is 66.9 Å². The molecular formula is C21H21ClN2O4. The lowest BCUT2D eigenvalue weighted by molar-refractivity contribution is -0.127. The second-order valence-electron chi connectivity index (χ2n) is 6.41. The van der Waals surface area contributed by atoms with Crippen LogP contribution in [0.3, 0.4) is 0 Å². The fraction of sp³-hybridized carbons (Fsp3) is 0.286. The molecule has 0 bridgehead atoms. The highest BCUT2D eigenvalue weighted by atomic mass is 35.5. The van der Waals surface area contributed by atoms with Gasteiger partial charge in [0.2, 0.25) is 5.91 Å². The van der Waals surface area contributed by atoms with Crippen molar-refractivity contribution in [1.29, 1.82) is 0 Å². The van der Waals surface area contributed by atoms with Crippen LogP contribution in [0.1, 0.15) is 40.5 Å². The first-order chi connectivity index (χ1) is 13.5. The molecule has 0 spiro atoms. The van der Waals surface area contributed by atoms with E-state index in [-0.39, 0.29) is 25.1 Å². The second-order valence-corrected chi connectivity index (χ2v) is 6.85. The minimum absolute atomic E-state index is 0.0204. The number of ether oxygens (including phenoxy) is 1. The number of hydrogen-bond acceptors (Lipinski definition) is 4. The predicted molar refractivity (Wildman–Crippen MR) is 106 cm³/mol. The summed E-state index contributed by atoms with van der Waals surface area (Å²) in [5.74, 6) is -0.672. The third kappa shape index (κ3) is 4.51. The number of halogens is 1. The number of carbonyl (C=O) groups excluding carboxylic acids is 3. The summed E-state index contributed by atoms with van der Waals surface area (Å²) in [4.78, 5) is 40.3. The van der Waals surface area contributed by atoms with E-state index < -0.39 is 5.97 Å². The van der Waals surface area contributed by atoms with Crippen LogP contribution < -0.4 is 4.90 Å². The van der Waals surface area contributed by atoms with Crippen LogP contribution in [0.25, 0.3) is 0 Å². The molecule has 1 saturated heterocycles. The number of hydrogen-bond donors (Lipinski definition) is 0. The van der Waals surface area contributed by atoms with Gasteiger partial charge in [-0.2, -0.15) is 0 Å². The molecule has 6 nitrogen and oxygen atoms in total. The van der Waals surface area contributed by atoms with Crippen molar-refractivity contribution in [3.8, 4) is 0 Å². The van der Waals surface area contributed by atoms with Crippen molar-refractivity contribution in [3.63, 3.8) is 0 Å². The summed E-state index contributed by atoms with van der Waals surface area (Å²) >= 11 is 6.03. The Morgan fingerprint density at radius 3 is 2.50 bits per heavy atom. The zero-order chi connectivity index (χ0) is 20.1. The van der Waals surface area contributed by atoms with E-state index in [4.69, 9.17) is 16.3 Å². The molecule has 0 radical (unpaired) electrons. The number of anilines is 1. The molecular weight excluding hydrogens is 380 g/mol. The van der Waals surface area contributed by atoms with E-state index in [1.54, 1.807) is 60.4 Å². The van der Waals surface area contributed by atoms with Crippen LogP contribution in [0.4, 0.5) is 5.69 Å². The van der Waals surface area contributed by atoms with Crippen molar-refractivity contribution in [2.45, 2.75) is 19.8 Å². The van der Waals surface area contributed by atoms with E-state index in [0.717, 1.165) is 6.42 Å². The van der Waals surface area contributed by atoms with Crippen LogP contribution in [0.5, 0.6) is 0 Å². The maximum Gasteiger partial charge on any atom is 0.338 e. The Balaban J connectivity index is 1.90. The lowest BCUT2D eigenvalue weighted by atomic mass is 10.1. The molecule has 7 heteroatoms. The monoisotopic (exact) mass is 400 g/mol. The number of benzene rings is 2. The van der Waals surface area contributed by atoms with E-state index in [2.05, 4.69) is 0 Å². The molecule has 1 aliphatic heterocycles. The Bertz CT molecular complexity index is 882. The maximum absolute atomic E-state index is 13.2. The molecule has 0 aromatic heterocycles. The second kappa shape index (κ2) is 8.89. The Morgan fingerprint density at radius 1 is 1.14 bits per heavy atom. The standard InChI is InChI=1S/C21H21ClN2O4/c1-2-28-21(27)15-8-10-18(11-9-15)24(14-23-12-4-7-19(23)25)20(26)16-5-3-6-17(22)13-16/h3,5-6,8-11,13H,2,4,7,12,14H2,1H3. The largest absolute Gasteiger partial charge is 0.462 e. The molecule has 0 aliphatic carbocycles.